The van der Waals surface area contributed by atoms with Crippen LogP contribution in [0.25, 0.3) is 0 Å². The topological polar surface area (TPSA) is 59.0 Å². The van der Waals surface area contributed by atoms with Gasteiger partial charge in [0.05, 0.1) is 11.6 Å². The SMILES string of the molecule is Cc1nn(C)c(C)c1CNC(=O)[C@@H]1CCCNC1.Cl. The molecule has 1 aromatic rings. The van der Waals surface area contributed by atoms with Crippen molar-refractivity contribution in [1.29, 1.82) is 0 Å². The van der Waals surface area contributed by atoms with Crippen molar-refractivity contribution in [3.63, 3.8) is 0 Å². The average molecular weight is 287 g/mol. The van der Waals surface area contributed by atoms with Gasteiger partial charge in [-0.15, -0.1) is 12.4 Å². The second-order valence-electron chi connectivity index (χ2n) is 5.03. The van der Waals surface area contributed by atoms with Crippen LogP contribution in [0.4, 0.5) is 0 Å². The number of amides is 1. The molecule has 1 fully saturated rings. The molecule has 1 aliphatic rings. The molecule has 19 heavy (non-hydrogen) atoms. The molecule has 2 N–H and O–H groups in total. The summed E-state index contributed by atoms with van der Waals surface area (Å²) in [5, 5.41) is 10.6. The molecule has 108 valence electrons. The second-order valence-corrected chi connectivity index (χ2v) is 5.03. The molecule has 0 aromatic carbocycles. The summed E-state index contributed by atoms with van der Waals surface area (Å²) < 4.78 is 1.86. The number of aryl methyl sites for hydroxylation is 2. The Morgan fingerprint density at radius 3 is 2.79 bits per heavy atom. The van der Waals surface area contributed by atoms with E-state index in [2.05, 4.69) is 15.7 Å². The van der Waals surface area contributed by atoms with Gasteiger partial charge in [-0.2, -0.15) is 5.10 Å². The van der Waals surface area contributed by atoms with E-state index in [1.54, 1.807) is 0 Å². The fraction of sp³-hybridized carbons (Fsp3) is 0.692. The van der Waals surface area contributed by atoms with E-state index in [0.29, 0.717) is 6.54 Å². The molecule has 1 saturated heterocycles. The Hall–Kier alpha value is -1.07. The lowest BCUT2D eigenvalue weighted by Crippen LogP contribution is -2.40. The van der Waals surface area contributed by atoms with E-state index in [-0.39, 0.29) is 24.2 Å². The van der Waals surface area contributed by atoms with Crippen molar-refractivity contribution in [2.24, 2.45) is 13.0 Å². The van der Waals surface area contributed by atoms with Gasteiger partial charge in [0.15, 0.2) is 0 Å². The lowest BCUT2D eigenvalue weighted by molar-refractivity contribution is -0.125. The number of halogens is 1. The minimum Gasteiger partial charge on any atom is -0.352 e. The Kier molecular flexibility index (Phi) is 5.82. The predicted molar refractivity (Wildman–Crippen MR) is 77.4 cm³/mol. The Balaban J connectivity index is 0.00000180. The summed E-state index contributed by atoms with van der Waals surface area (Å²) in [7, 11) is 1.93. The zero-order chi connectivity index (χ0) is 13.1. The van der Waals surface area contributed by atoms with Gasteiger partial charge in [-0.1, -0.05) is 0 Å². The summed E-state index contributed by atoms with van der Waals surface area (Å²) >= 11 is 0. The number of hydrogen-bond donors (Lipinski definition) is 2. The first kappa shape index (κ1) is 16.0. The number of carbonyl (C=O) groups is 1. The van der Waals surface area contributed by atoms with Gasteiger partial charge in [-0.25, -0.2) is 0 Å². The molecule has 2 heterocycles. The fourth-order valence-electron chi connectivity index (χ4n) is 2.47. The largest absolute Gasteiger partial charge is 0.352 e. The van der Waals surface area contributed by atoms with Gasteiger partial charge in [-0.05, 0) is 33.2 Å². The molecule has 5 nitrogen and oxygen atoms in total. The van der Waals surface area contributed by atoms with Crippen LogP contribution in [-0.2, 0) is 18.4 Å². The second kappa shape index (κ2) is 6.91. The van der Waals surface area contributed by atoms with Crippen molar-refractivity contribution < 1.29 is 4.79 Å². The van der Waals surface area contributed by atoms with Gasteiger partial charge < -0.3 is 10.6 Å². The fourth-order valence-corrected chi connectivity index (χ4v) is 2.47. The van der Waals surface area contributed by atoms with Crippen LogP contribution in [0.15, 0.2) is 0 Å². The molecule has 0 saturated carbocycles. The molecule has 1 aliphatic heterocycles. The smallest absolute Gasteiger partial charge is 0.224 e. The first-order chi connectivity index (χ1) is 8.59. The number of nitrogens with one attached hydrogen (secondary N) is 2. The van der Waals surface area contributed by atoms with E-state index in [4.69, 9.17) is 0 Å². The van der Waals surface area contributed by atoms with Crippen LogP contribution in [0.5, 0.6) is 0 Å². The molecule has 6 heteroatoms. The molecule has 1 aromatic heterocycles. The first-order valence-corrected chi connectivity index (χ1v) is 6.57. The molecule has 0 bridgehead atoms. The highest BCUT2D eigenvalue weighted by Crippen LogP contribution is 2.13. The van der Waals surface area contributed by atoms with E-state index in [1.807, 2.05) is 25.6 Å². The van der Waals surface area contributed by atoms with Crippen molar-refractivity contribution in [3.05, 3.63) is 17.0 Å². The number of nitrogens with zero attached hydrogens (tertiary/aromatic N) is 2. The van der Waals surface area contributed by atoms with Crippen LogP contribution in [0.2, 0.25) is 0 Å². The van der Waals surface area contributed by atoms with E-state index < -0.39 is 0 Å². The summed E-state index contributed by atoms with van der Waals surface area (Å²) in [6.07, 6.45) is 2.08. The van der Waals surface area contributed by atoms with Crippen molar-refractivity contribution >= 4 is 18.3 Å². The normalized spacial score (nSPS) is 18.8. The number of piperidine rings is 1. The van der Waals surface area contributed by atoms with Crippen LogP contribution < -0.4 is 10.6 Å². The zero-order valence-electron chi connectivity index (χ0n) is 11.8. The molecule has 1 amide bonds. The van der Waals surface area contributed by atoms with Gasteiger partial charge in [0, 0.05) is 31.4 Å². The summed E-state index contributed by atoms with van der Waals surface area (Å²) in [5.74, 6) is 0.279. The summed E-state index contributed by atoms with van der Waals surface area (Å²) in [6, 6.07) is 0. The third-order valence-corrected chi connectivity index (χ3v) is 3.77. The third kappa shape index (κ3) is 3.70. The minimum atomic E-state index is 0. The Morgan fingerprint density at radius 2 is 2.26 bits per heavy atom. The van der Waals surface area contributed by atoms with Crippen LogP contribution >= 0.6 is 12.4 Å². The van der Waals surface area contributed by atoms with Gasteiger partial charge >= 0.3 is 0 Å². The molecule has 2 rings (SSSR count). The maximum atomic E-state index is 12.0. The van der Waals surface area contributed by atoms with Crippen molar-refractivity contribution in [3.8, 4) is 0 Å². The molecule has 0 spiro atoms. The van der Waals surface area contributed by atoms with E-state index in [1.165, 1.54) is 0 Å². The highest BCUT2D eigenvalue weighted by molar-refractivity contribution is 5.85. The van der Waals surface area contributed by atoms with Crippen LogP contribution in [0.1, 0.15) is 29.8 Å². The maximum Gasteiger partial charge on any atom is 0.224 e. The maximum absolute atomic E-state index is 12.0. The zero-order valence-corrected chi connectivity index (χ0v) is 12.6. The standard InChI is InChI=1S/C13H22N4O.ClH/c1-9-12(10(2)17(3)16-9)8-15-13(18)11-5-4-6-14-7-11;/h11,14H,4-8H2,1-3H3,(H,15,18);1H/t11-;/m1./s1. The van der Waals surface area contributed by atoms with Crippen LogP contribution in [0, 0.1) is 19.8 Å². The molecular formula is C13H23ClN4O. The van der Waals surface area contributed by atoms with E-state index in [0.717, 1.165) is 42.9 Å². The Morgan fingerprint density at radius 1 is 1.53 bits per heavy atom. The quantitative estimate of drug-likeness (QED) is 0.874. The molecule has 0 aliphatic carbocycles. The number of aromatic nitrogens is 2. The molecular weight excluding hydrogens is 264 g/mol. The first-order valence-electron chi connectivity index (χ1n) is 6.57. The monoisotopic (exact) mass is 286 g/mol. The number of hydrogen-bond acceptors (Lipinski definition) is 3. The minimum absolute atomic E-state index is 0. The lowest BCUT2D eigenvalue weighted by atomic mass is 9.99. The van der Waals surface area contributed by atoms with Gasteiger partial charge in [0.1, 0.15) is 0 Å². The third-order valence-electron chi connectivity index (χ3n) is 3.77. The number of rotatable bonds is 3. The molecule has 0 unspecified atom stereocenters. The van der Waals surface area contributed by atoms with Crippen molar-refractivity contribution in [2.45, 2.75) is 33.2 Å². The Bertz CT molecular complexity index is 438. The summed E-state index contributed by atoms with van der Waals surface area (Å²) in [4.78, 5) is 12.0. The highest BCUT2D eigenvalue weighted by Gasteiger charge is 2.21. The lowest BCUT2D eigenvalue weighted by Gasteiger charge is -2.21. The van der Waals surface area contributed by atoms with E-state index in [9.17, 15) is 4.79 Å². The average Bonchev–Trinajstić information content (AvgIpc) is 2.62. The molecule has 1 atom stereocenters. The van der Waals surface area contributed by atoms with Gasteiger partial charge in [-0.3, -0.25) is 9.48 Å². The van der Waals surface area contributed by atoms with Gasteiger partial charge in [0.25, 0.3) is 0 Å². The predicted octanol–water partition coefficient (Wildman–Crippen LogP) is 1.07. The number of carbonyl (C=O) groups excluding carboxylic acids is 1. The summed E-state index contributed by atoms with van der Waals surface area (Å²) in [5.41, 5.74) is 3.25. The van der Waals surface area contributed by atoms with Gasteiger partial charge in [0.2, 0.25) is 5.91 Å². The van der Waals surface area contributed by atoms with Crippen molar-refractivity contribution in [1.82, 2.24) is 20.4 Å². The summed E-state index contributed by atoms with van der Waals surface area (Å²) in [6.45, 7) is 6.43. The molecule has 0 radical (unpaired) electrons. The Labute approximate surface area is 120 Å². The highest BCUT2D eigenvalue weighted by atomic mass is 35.5. The van der Waals surface area contributed by atoms with E-state index >= 15 is 0 Å². The van der Waals surface area contributed by atoms with Crippen LogP contribution in [0.3, 0.4) is 0 Å². The van der Waals surface area contributed by atoms with Crippen LogP contribution in [-0.4, -0.2) is 28.8 Å². The van der Waals surface area contributed by atoms with Crippen molar-refractivity contribution in [2.75, 3.05) is 13.1 Å².